The average Bonchev–Trinajstić information content (AvgIpc) is 2.98. The molecule has 0 spiro atoms. The Morgan fingerprint density at radius 3 is 2.67 bits per heavy atom. The van der Waals surface area contributed by atoms with Crippen molar-refractivity contribution in [3.8, 4) is 0 Å². The first-order chi connectivity index (χ1) is 13.0. The summed E-state index contributed by atoms with van der Waals surface area (Å²) in [5.74, 6) is 0.0212. The molecule has 0 atom stereocenters. The van der Waals surface area contributed by atoms with Crippen LogP contribution < -0.4 is 5.32 Å². The predicted molar refractivity (Wildman–Crippen MR) is 112 cm³/mol. The molecule has 1 N–H and O–H groups in total. The molecule has 0 saturated carbocycles. The van der Waals surface area contributed by atoms with Gasteiger partial charge in [0.05, 0.1) is 12.2 Å². The zero-order chi connectivity index (χ0) is 19.2. The van der Waals surface area contributed by atoms with Crippen LogP contribution in [-0.4, -0.2) is 20.7 Å². The van der Waals surface area contributed by atoms with Crippen LogP contribution in [0.1, 0.15) is 30.9 Å². The third kappa shape index (κ3) is 5.43. The molecule has 0 aliphatic carbocycles. The maximum absolute atomic E-state index is 12.0. The molecule has 7 heteroatoms. The van der Waals surface area contributed by atoms with Crippen LogP contribution in [-0.2, 0) is 11.3 Å². The first kappa shape index (κ1) is 19.6. The number of nitrogens with one attached hydrogen (secondary N) is 1. The molecular formula is C20H21BrN4OS. The highest BCUT2D eigenvalue weighted by Crippen LogP contribution is 2.33. The van der Waals surface area contributed by atoms with E-state index in [0.717, 1.165) is 27.7 Å². The summed E-state index contributed by atoms with van der Waals surface area (Å²) in [5.41, 5.74) is 3.18. The van der Waals surface area contributed by atoms with Crippen LogP contribution >= 0.6 is 27.7 Å². The number of hydrogen-bond donors (Lipinski definition) is 1. The van der Waals surface area contributed by atoms with Crippen LogP contribution in [0.4, 0.5) is 5.69 Å². The second-order valence-electron chi connectivity index (χ2n) is 6.20. The second kappa shape index (κ2) is 9.19. The number of aromatic nitrogens is 3. The Balaban J connectivity index is 1.82. The van der Waals surface area contributed by atoms with Crippen molar-refractivity contribution in [3.63, 3.8) is 0 Å². The van der Waals surface area contributed by atoms with Gasteiger partial charge in [0.25, 0.3) is 0 Å². The number of carbonyl (C=O) groups excluding carboxylic acids is 1. The Morgan fingerprint density at radius 1 is 1.19 bits per heavy atom. The van der Waals surface area contributed by atoms with Crippen LogP contribution in [0.15, 0.2) is 63.3 Å². The molecule has 0 fully saturated rings. The molecule has 1 amide bonds. The van der Waals surface area contributed by atoms with Crippen LogP contribution in [0.25, 0.3) is 0 Å². The standard InChI is InChI=1S/C20H21BrN4OS/c1-3-6-18(26)22-16-7-4-5-8-17(16)27-20-23-19(21)24-25(20)13-15-11-9-14(2)10-12-15/h4-5,7-12H,3,6,13H2,1-2H3,(H,22,26). The van der Waals surface area contributed by atoms with E-state index in [4.69, 9.17) is 0 Å². The number of anilines is 1. The van der Waals surface area contributed by atoms with E-state index < -0.39 is 0 Å². The Hall–Kier alpha value is -2.12. The van der Waals surface area contributed by atoms with Crippen LogP contribution in [0.5, 0.6) is 0 Å². The van der Waals surface area contributed by atoms with Gasteiger partial charge < -0.3 is 5.32 Å². The largest absolute Gasteiger partial charge is 0.325 e. The predicted octanol–water partition coefficient (Wildman–Crippen LogP) is 5.29. The molecule has 140 valence electrons. The average molecular weight is 445 g/mol. The lowest BCUT2D eigenvalue weighted by Crippen LogP contribution is -2.11. The molecule has 2 aromatic carbocycles. The van der Waals surface area contributed by atoms with Gasteiger partial charge in [0, 0.05) is 11.3 Å². The number of benzene rings is 2. The molecule has 1 aromatic heterocycles. The fraction of sp³-hybridized carbons (Fsp3) is 0.250. The van der Waals surface area contributed by atoms with Crippen LogP contribution in [0, 0.1) is 6.92 Å². The SMILES string of the molecule is CCCC(=O)Nc1ccccc1Sc1nc(Br)nn1Cc1ccc(C)cc1. The van der Waals surface area contributed by atoms with Gasteiger partial charge in [0.1, 0.15) is 0 Å². The minimum atomic E-state index is 0.0212. The topological polar surface area (TPSA) is 59.8 Å². The number of para-hydroxylation sites is 1. The molecule has 3 aromatic rings. The van der Waals surface area contributed by atoms with E-state index in [9.17, 15) is 4.79 Å². The smallest absolute Gasteiger partial charge is 0.224 e. The summed E-state index contributed by atoms with van der Waals surface area (Å²) >= 11 is 4.86. The minimum Gasteiger partial charge on any atom is -0.325 e. The molecule has 0 radical (unpaired) electrons. The van der Waals surface area contributed by atoms with E-state index >= 15 is 0 Å². The number of hydrogen-bond acceptors (Lipinski definition) is 4. The zero-order valence-corrected chi connectivity index (χ0v) is 17.7. The number of aryl methyl sites for hydroxylation is 1. The highest BCUT2D eigenvalue weighted by atomic mass is 79.9. The van der Waals surface area contributed by atoms with E-state index in [1.807, 2.05) is 35.9 Å². The lowest BCUT2D eigenvalue weighted by atomic mass is 10.1. The summed E-state index contributed by atoms with van der Waals surface area (Å²) in [5, 5.41) is 8.21. The van der Waals surface area contributed by atoms with Gasteiger partial charge in [-0.05, 0) is 58.7 Å². The van der Waals surface area contributed by atoms with Gasteiger partial charge >= 0.3 is 0 Å². The molecule has 0 aliphatic heterocycles. The molecule has 3 rings (SSSR count). The zero-order valence-electron chi connectivity index (χ0n) is 15.3. The summed E-state index contributed by atoms with van der Waals surface area (Å²) in [6.07, 6.45) is 1.33. The third-order valence-corrected chi connectivity index (χ3v) is 5.30. The summed E-state index contributed by atoms with van der Waals surface area (Å²) < 4.78 is 2.41. The molecule has 0 unspecified atom stereocenters. The normalized spacial score (nSPS) is 10.8. The lowest BCUT2D eigenvalue weighted by Gasteiger charge is -2.11. The maximum atomic E-state index is 12.0. The highest BCUT2D eigenvalue weighted by Gasteiger charge is 2.14. The molecule has 0 bridgehead atoms. The van der Waals surface area contributed by atoms with E-state index in [1.54, 1.807) is 0 Å². The van der Waals surface area contributed by atoms with Crippen LogP contribution in [0.2, 0.25) is 0 Å². The van der Waals surface area contributed by atoms with E-state index in [-0.39, 0.29) is 5.91 Å². The van der Waals surface area contributed by atoms with Gasteiger partial charge in [0.15, 0.2) is 5.16 Å². The second-order valence-corrected chi connectivity index (χ2v) is 7.92. The van der Waals surface area contributed by atoms with Crippen molar-refractivity contribution < 1.29 is 4.79 Å². The lowest BCUT2D eigenvalue weighted by molar-refractivity contribution is -0.116. The van der Waals surface area contributed by atoms with E-state index in [0.29, 0.717) is 17.7 Å². The van der Waals surface area contributed by atoms with Gasteiger partial charge in [-0.2, -0.15) is 4.98 Å². The number of carbonyl (C=O) groups is 1. The van der Waals surface area contributed by atoms with Crippen molar-refractivity contribution in [2.24, 2.45) is 0 Å². The Labute approximate surface area is 171 Å². The van der Waals surface area contributed by atoms with Gasteiger partial charge in [-0.3, -0.25) is 4.79 Å². The summed E-state index contributed by atoms with van der Waals surface area (Å²) in [6, 6.07) is 16.1. The molecule has 5 nitrogen and oxygen atoms in total. The summed E-state index contributed by atoms with van der Waals surface area (Å²) in [4.78, 5) is 17.4. The number of halogens is 1. The maximum Gasteiger partial charge on any atom is 0.224 e. The number of nitrogens with zero attached hydrogens (tertiary/aromatic N) is 3. The molecule has 27 heavy (non-hydrogen) atoms. The quantitative estimate of drug-likeness (QED) is 0.537. The van der Waals surface area contributed by atoms with E-state index in [2.05, 4.69) is 62.5 Å². The molecule has 0 saturated heterocycles. The van der Waals surface area contributed by atoms with Crippen LogP contribution in [0.3, 0.4) is 0 Å². The highest BCUT2D eigenvalue weighted by molar-refractivity contribution is 9.10. The van der Waals surface area contributed by atoms with Gasteiger partial charge in [0.2, 0.25) is 10.6 Å². The van der Waals surface area contributed by atoms with Gasteiger partial charge in [-0.15, -0.1) is 5.10 Å². The van der Waals surface area contributed by atoms with Crippen molar-refractivity contribution in [1.29, 1.82) is 0 Å². The Kier molecular flexibility index (Phi) is 6.68. The van der Waals surface area contributed by atoms with E-state index in [1.165, 1.54) is 17.3 Å². The van der Waals surface area contributed by atoms with Crippen molar-refractivity contribution >= 4 is 39.3 Å². The van der Waals surface area contributed by atoms with Gasteiger partial charge in [-0.1, -0.05) is 48.9 Å². The Bertz CT molecular complexity index is 924. The number of rotatable bonds is 7. The molecular weight excluding hydrogens is 424 g/mol. The first-order valence-corrected chi connectivity index (χ1v) is 10.4. The third-order valence-electron chi connectivity index (χ3n) is 3.90. The van der Waals surface area contributed by atoms with Crippen molar-refractivity contribution in [1.82, 2.24) is 14.8 Å². The monoisotopic (exact) mass is 444 g/mol. The van der Waals surface area contributed by atoms with Crippen molar-refractivity contribution in [3.05, 3.63) is 64.4 Å². The summed E-state index contributed by atoms with van der Waals surface area (Å²) in [6.45, 7) is 4.69. The summed E-state index contributed by atoms with van der Waals surface area (Å²) in [7, 11) is 0. The van der Waals surface area contributed by atoms with Gasteiger partial charge in [-0.25, -0.2) is 4.68 Å². The minimum absolute atomic E-state index is 0.0212. The molecule has 1 heterocycles. The fourth-order valence-electron chi connectivity index (χ4n) is 2.54. The fourth-order valence-corrected chi connectivity index (χ4v) is 3.94. The Morgan fingerprint density at radius 2 is 1.93 bits per heavy atom. The van der Waals surface area contributed by atoms with Crippen molar-refractivity contribution in [2.75, 3.05) is 5.32 Å². The number of amides is 1. The molecule has 0 aliphatic rings. The first-order valence-electron chi connectivity index (χ1n) is 8.77. The van der Waals surface area contributed by atoms with Crippen molar-refractivity contribution in [2.45, 2.75) is 43.3 Å².